The van der Waals surface area contributed by atoms with Crippen LogP contribution in [0.4, 0.5) is 0 Å². The number of pyridine rings is 1. The van der Waals surface area contributed by atoms with E-state index in [1.807, 2.05) is 37.3 Å². The highest BCUT2D eigenvalue weighted by Crippen LogP contribution is 2.46. The molecule has 1 amide bonds. The van der Waals surface area contributed by atoms with Crippen molar-refractivity contribution in [3.05, 3.63) is 65.7 Å². The molecule has 0 atom stereocenters. The Morgan fingerprint density at radius 2 is 1.97 bits per heavy atom. The molecular formula is C23H26N4O2. The van der Waals surface area contributed by atoms with Crippen molar-refractivity contribution >= 4 is 5.91 Å². The number of nitrogens with zero attached hydrogens (tertiary/aromatic N) is 3. The lowest BCUT2D eigenvalue weighted by atomic mass is 10.0. The lowest BCUT2D eigenvalue weighted by Crippen LogP contribution is -2.32. The first kappa shape index (κ1) is 19.2. The third-order valence-electron chi connectivity index (χ3n) is 5.63. The topological polar surface area (TPSA) is 69.0 Å². The van der Waals surface area contributed by atoms with Crippen molar-refractivity contribution in [3.63, 3.8) is 0 Å². The summed E-state index contributed by atoms with van der Waals surface area (Å²) >= 11 is 0. The zero-order chi connectivity index (χ0) is 20.4. The second kappa shape index (κ2) is 7.70. The summed E-state index contributed by atoms with van der Waals surface area (Å²) in [6, 6.07) is 11.6. The first-order valence-electron chi connectivity index (χ1n) is 9.87. The van der Waals surface area contributed by atoms with E-state index in [0.29, 0.717) is 17.9 Å². The molecule has 0 radical (unpaired) electrons. The second-order valence-electron chi connectivity index (χ2n) is 7.92. The van der Waals surface area contributed by atoms with Gasteiger partial charge in [-0.25, -0.2) is 0 Å². The highest BCUT2D eigenvalue weighted by atomic mass is 16.5. The standard InChI is InChI=1S/C23H26N4O2/c1-16-12-17(2)27(26-16)15-23(9-10-23)14-25-22(28)19-6-4-18(5-7-19)20-8-11-24-13-21(20)29-3/h4-8,11-13H,9-10,14-15H2,1-3H3,(H,25,28). The number of nitrogens with one attached hydrogen (secondary N) is 1. The first-order chi connectivity index (χ1) is 14.0. The van der Waals surface area contributed by atoms with Crippen molar-refractivity contribution in [1.29, 1.82) is 0 Å². The maximum Gasteiger partial charge on any atom is 0.251 e. The lowest BCUT2D eigenvalue weighted by molar-refractivity contribution is 0.0942. The van der Waals surface area contributed by atoms with Gasteiger partial charge in [0.05, 0.1) is 19.0 Å². The molecule has 4 rings (SSSR count). The van der Waals surface area contributed by atoms with Crippen LogP contribution in [-0.4, -0.2) is 34.3 Å². The number of ether oxygens (including phenoxy) is 1. The van der Waals surface area contributed by atoms with Crippen LogP contribution in [-0.2, 0) is 6.54 Å². The van der Waals surface area contributed by atoms with Gasteiger partial charge in [-0.3, -0.25) is 14.5 Å². The van der Waals surface area contributed by atoms with Gasteiger partial charge in [0, 0.05) is 41.5 Å². The Labute approximate surface area is 170 Å². The first-order valence-corrected chi connectivity index (χ1v) is 9.87. The Hall–Kier alpha value is -3.15. The maximum atomic E-state index is 12.6. The normalized spacial score (nSPS) is 14.4. The fraction of sp³-hybridized carbons (Fsp3) is 0.348. The average Bonchev–Trinajstić information content (AvgIpc) is 3.43. The van der Waals surface area contributed by atoms with Crippen LogP contribution >= 0.6 is 0 Å². The van der Waals surface area contributed by atoms with Gasteiger partial charge in [0.25, 0.3) is 5.91 Å². The zero-order valence-electron chi connectivity index (χ0n) is 17.1. The molecule has 29 heavy (non-hydrogen) atoms. The van der Waals surface area contributed by atoms with E-state index in [0.717, 1.165) is 36.2 Å². The van der Waals surface area contributed by atoms with Crippen LogP contribution < -0.4 is 10.1 Å². The van der Waals surface area contributed by atoms with Gasteiger partial charge < -0.3 is 10.1 Å². The molecule has 0 unspecified atom stereocenters. The fourth-order valence-electron chi connectivity index (χ4n) is 3.67. The number of rotatable bonds is 7. The molecule has 0 aliphatic heterocycles. The van der Waals surface area contributed by atoms with E-state index in [1.165, 1.54) is 5.69 Å². The number of carbonyl (C=O) groups is 1. The molecule has 2 heterocycles. The molecule has 0 saturated heterocycles. The van der Waals surface area contributed by atoms with E-state index in [-0.39, 0.29) is 11.3 Å². The van der Waals surface area contributed by atoms with Gasteiger partial charge in [-0.2, -0.15) is 5.10 Å². The molecule has 1 fully saturated rings. The predicted molar refractivity (Wildman–Crippen MR) is 112 cm³/mol. The van der Waals surface area contributed by atoms with E-state index in [4.69, 9.17) is 4.74 Å². The molecular weight excluding hydrogens is 364 g/mol. The number of amides is 1. The quantitative estimate of drug-likeness (QED) is 0.667. The Bertz CT molecular complexity index is 1020. The second-order valence-corrected chi connectivity index (χ2v) is 7.92. The monoisotopic (exact) mass is 390 g/mol. The minimum absolute atomic E-state index is 0.0436. The average molecular weight is 390 g/mol. The van der Waals surface area contributed by atoms with E-state index in [2.05, 4.69) is 33.1 Å². The van der Waals surface area contributed by atoms with Crippen molar-refractivity contribution in [2.45, 2.75) is 33.2 Å². The summed E-state index contributed by atoms with van der Waals surface area (Å²) in [4.78, 5) is 16.7. The highest BCUT2D eigenvalue weighted by molar-refractivity contribution is 5.94. The third kappa shape index (κ3) is 4.16. The van der Waals surface area contributed by atoms with E-state index in [9.17, 15) is 4.79 Å². The van der Waals surface area contributed by atoms with Gasteiger partial charge in [-0.15, -0.1) is 0 Å². The summed E-state index contributed by atoms with van der Waals surface area (Å²) in [5.74, 6) is 0.669. The lowest BCUT2D eigenvalue weighted by Gasteiger charge is -2.17. The van der Waals surface area contributed by atoms with Crippen LogP contribution in [0.5, 0.6) is 5.75 Å². The molecule has 1 N–H and O–H groups in total. The smallest absolute Gasteiger partial charge is 0.251 e. The Morgan fingerprint density at radius 3 is 2.59 bits per heavy atom. The summed E-state index contributed by atoms with van der Waals surface area (Å²) in [5.41, 5.74) is 4.93. The van der Waals surface area contributed by atoms with Crippen molar-refractivity contribution < 1.29 is 9.53 Å². The van der Waals surface area contributed by atoms with Gasteiger partial charge in [-0.1, -0.05) is 12.1 Å². The Kier molecular flexibility index (Phi) is 5.09. The molecule has 1 aliphatic carbocycles. The Morgan fingerprint density at radius 1 is 1.21 bits per heavy atom. The minimum Gasteiger partial charge on any atom is -0.494 e. The van der Waals surface area contributed by atoms with Crippen LogP contribution in [0.25, 0.3) is 11.1 Å². The summed E-state index contributed by atoms with van der Waals surface area (Å²) < 4.78 is 7.43. The number of benzene rings is 1. The molecule has 3 aromatic rings. The van der Waals surface area contributed by atoms with Gasteiger partial charge >= 0.3 is 0 Å². The van der Waals surface area contributed by atoms with Crippen molar-refractivity contribution in [2.75, 3.05) is 13.7 Å². The highest BCUT2D eigenvalue weighted by Gasteiger charge is 2.43. The fourth-order valence-corrected chi connectivity index (χ4v) is 3.67. The van der Waals surface area contributed by atoms with Crippen LogP contribution in [0.1, 0.15) is 34.6 Å². The summed E-state index contributed by atoms with van der Waals surface area (Å²) in [7, 11) is 1.63. The van der Waals surface area contributed by atoms with Crippen LogP contribution in [0.2, 0.25) is 0 Å². The van der Waals surface area contributed by atoms with Crippen LogP contribution in [0, 0.1) is 19.3 Å². The summed E-state index contributed by atoms with van der Waals surface area (Å²) in [5, 5.41) is 7.68. The van der Waals surface area contributed by atoms with Gasteiger partial charge in [0.1, 0.15) is 5.75 Å². The van der Waals surface area contributed by atoms with Crippen molar-refractivity contribution in [3.8, 4) is 16.9 Å². The number of hydrogen-bond donors (Lipinski definition) is 1. The molecule has 1 aliphatic rings. The SMILES string of the molecule is COc1cnccc1-c1ccc(C(=O)NCC2(Cn3nc(C)cc3C)CC2)cc1. The molecule has 2 aromatic heterocycles. The Balaban J connectivity index is 1.39. The van der Waals surface area contributed by atoms with Crippen LogP contribution in [0.3, 0.4) is 0 Å². The minimum atomic E-state index is -0.0436. The summed E-state index contributed by atoms with van der Waals surface area (Å²) in [6.07, 6.45) is 5.66. The molecule has 6 nitrogen and oxygen atoms in total. The van der Waals surface area contributed by atoms with E-state index < -0.39 is 0 Å². The molecule has 0 spiro atoms. The molecule has 1 aromatic carbocycles. The van der Waals surface area contributed by atoms with Crippen molar-refractivity contribution in [2.24, 2.45) is 5.41 Å². The zero-order valence-corrected chi connectivity index (χ0v) is 17.1. The van der Waals surface area contributed by atoms with Crippen LogP contribution in [0.15, 0.2) is 48.8 Å². The van der Waals surface area contributed by atoms with E-state index >= 15 is 0 Å². The third-order valence-corrected chi connectivity index (χ3v) is 5.63. The predicted octanol–water partition coefficient (Wildman–Crippen LogP) is 3.78. The number of aromatic nitrogens is 3. The number of methoxy groups -OCH3 is 1. The van der Waals surface area contributed by atoms with Crippen molar-refractivity contribution in [1.82, 2.24) is 20.1 Å². The molecule has 0 bridgehead atoms. The largest absolute Gasteiger partial charge is 0.494 e. The molecule has 1 saturated carbocycles. The van der Waals surface area contributed by atoms with Gasteiger partial charge in [0.15, 0.2) is 0 Å². The van der Waals surface area contributed by atoms with E-state index in [1.54, 1.807) is 19.5 Å². The molecule has 150 valence electrons. The number of hydrogen-bond acceptors (Lipinski definition) is 4. The number of carbonyl (C=O) groups excluding carboxylic acids is 1. The molecule has 6 heteroatoms. The van der Waals surface area contributed by atoms with Gasteiger partial charge in [0.2, 0.25) is 0 Å². The summed E-state index contributed by atoms with van der Waals surface area (Å²) in [6.45, 7) is 5.61. The maximum absolute atomic E-state index is 12.6. The van der Waals surface area contributed by atoms with Gasteiger partial charge in [-0.05, 0) is 56.5 Å². The number of aryl methyl sites for hydroxylation is 2.